The molecule has 1 aromatic heterocycles. The Morgan fingerprint density at radius 2 is 2.13 bits per heavy atom. The van der Waals surface area contributed by atoms with Crippen molar-refractivity contribution in [3.05, 3.63) is 17.4 Å². The van der Waals surface area contributed by atoms with Gasteiger partial charge < -0.3 is 10.6 Å². The molecule has 0 bridgehead atoms. The summed E-state index contributed by atoms with van der Waals surface area (Å²) in [5, 5.41) is 6.02. The molecule has 0 aliphatic heterocycles. The van der Waals surface area contributed by atoms with Gasteiger partial charge in [-0.2, -0.15) is 0 Å². The Hall–Kier alpha value is -1.36. The lowest BCUT2D eigenvalue weighted by Gasteiger charge is -2.12. The summed E-state index contributed by atoms with van der Waals surface area (Å²) in [4.78, 5) is 19.2. The molecule has 82 valence electrons. The molecule has 0 saturated heterocycles. The van der Waals surface area contributed by atoms with Crippen molar-refractivity contribution in [1.29, 1.82) is 0 Å². The van der Waals surface area contributed by atoms with Crippen molar-refractivity contribution in [1.82, 2.24) is 15.3 Å². The number of halogens is 1. The van der Waals surface area contributed by atoms with E-state index in [-0.39, 0.29) is 11.9 Å². The molecule has 0 aliphatic carbocycles. The zero-order valence-electron chi connectivity index (χ0n) is 8.62. The van der Waals surface area contributed by atoms with E-state index in [0.717, 1.165) is 0 Å². The molecule has 1 amide bonds. The number of hydrogen-bond acceptors (Lipinski definition) is 4. The Morgan fingerprint density at radius 3 is 2.67 bits per heavy atom. The first-order valence-corrected chi connectivity index (χ1v) is 5.03. The van der Waals surface area contributed by atoms with Crippen molar-refractivity contribution >= 4 is 23.5 Å². The second-order valence-electron chi connectivity index (χ2n) is 2.99. The summed E-state index contributed by atoms with van der Waals surface area (Å²) in [5.41, 5.74) is 0. The van der Waals surface area contributed by atoms with E-state index in [1.54, 1.807) is 6.92 Å². The number of carbonyl (C=O) groups is 1. The number of rotatable bonds is 4. The van der Waals surface area contributed by atoms with E-state index in [1.807, 2.05) is 6.92 Å². The summed E-state index contributed by atoms with van der Waals surface area (Å²) in [6.07, 6.45) is 2.95. The second-order valence-corrected chi connectivity index (χ2v) is 3.42. The van der Waals surface area contributed by atoms with Gasteiger partial charge in [0.1, 0.15) is 6.04 Å². The third kappa shape index (κ3) is 3.71. The summed E-state index contributed by atoms with van der Waals surface area (Å²) in [6, 6.07) is -0.369. The van der Waals surface area contributed by atoms with Crippen molar-refractivity contribution < 1.29 is 4.79 Å². The molecule has 0 fully saturated rings. The highest BCUT2D eigenvalue weighted by Crippen LogP contribution is 2.06. The fourth-order valence-corrected chi connectivity index (χ4v) is 1.07. The van der Waals surface area contributed by atoms with Crippen LogP contribution in [0.15, 0.2) is 12.4 Å². The lowest BCUT2D eigenvalue weighted by Crippen LogP contribution is -2.37. The van der Waals surface area contributed by atoms with Crippen LogP contribution in [0.1, 0.15) is 13.8 Å². The predicted molar refractivity (Wildman–Crippen MR) is 58.8 cm³/mol. The van der Waals surface area contributed by atoms with Gasteiger partial charge in [-0.3, -0.25) is 4.79 Å². The second kappa shape index (κ2) is 5.50. The van der Waals surface area contributed by atoms with Gasteiger partial charge in [0.15, 0.2) is 0 Å². The maximum absolute atomic E-state index is 11.4. The molecular weight excluding hydrogens is 216 g/mol. The number of anilines is 1. The van der Waals surface area contributed by atoms with Crippen LogP contribution in [0, 0.1) is 0 Å². The number of likely N-dealkylation sites (N-methyl/N-ethyl adjacent to an activating group) is 1. The monoisotopic (exact) mass is 228 g/mol. The first-order chi connectivity index (χ1) is 7.13. The molecule has 1 aromatic rings. The van der Waals surface area contributed by atoms with Crippen LogP contribution in [0.4, 0.5) is 5.95 Å². The van der Waals surface area contributed by atoms with E-state index in [2.05, 4.69) is 20.6 Å². The average molecular weight is 229 g/mol. The molecule has 0 saturated carbocycles. The molecule has 5 nitrogen and oxygen atoms in total. The predicted octanol–water partition coefficient (Wildman–Crippen LogP) is 1.07. The number of hydrogen-bond donors (Lipinski definition) is 2. The van der Waals surface area contributed by atoms with Crippen LogP contribution in [0.25, 0.3) is 0 Å². The Balaban J connectivity index is 2.54. The minimum Gasteiger partial charge on any atom is -0.355 e. The van der Waals surface area contributed by atoms with Gasteiger partial charge in [0.2, 0.25) is 11.9 Å². The minimum absolute atomic E-state index is 0.0870. The normalized spacial score (nSPS) is 11.9. The van der Waals surface area contributed by atoms with Gasteiger partial charge in [0.25, 0.3) is 0 Å². The van der Waals surface area contributed by atoms with E-state index < -0.39 is 0 Å². The van der Waals surface area contributed by atoms with Gasteiger partial charge in [-0.05, 0) is 13.8 Å². The van der Waals surface area contributed by atoms with Crippen molar-refractivity contribution in [3.63, 3.8) is 0 Å². The lowest BCUT2D eigenvalue weighted by atomic mass is 10.3. The number of amides is 1. The van der Waals surface area contributed by atoms with E-state index in [9.17, 15) is 4.79 Å². The highest BCUT2D eigenvalue weighted by Gasteiger charge is 2.11. The quantitative estimate of drug-likeness (QED) is 0.809. The summed E-state index contributed by atoms with van der Waals surface area (Å²) < 4.78 is 0. The van der Waals surface area contributed by atoms with E-state index in [0.29, 0.717) is 17.5 Å². The molecule has 15 heavy (non-hydrogen) atoms. The molecule has 1 atom stereocenters. The maximum Gasteiger partial charge on any atom is 0.242 e. The largest absolute Gasteiger partial charge is 0.355 e. The first-order valence-electron chi connectivity index (χ1n) is 4.65. The third-order valence-corrected chi connectivity index (χ3v) is 1.91. The SMILES string of the molecule is CCNC(=O)C(C)Nc1ncc(Cl)cn1. The fraction of sp³-hybridized carbons (Fsp3) is 0.444. The average Bonchev–Trinajstić information content (AvgIpc) is 2.22. The minimum atomic E-state index is -0.369. The third-order valence-electron chi connectivity index (χ3n) is 1.71. The standard InChI is InChI=1S/C9H13ClN4O/c1-3-11-8(15)6(2)14-9-12-4-7(10)5-13-9/h4-6H,3H2,1-2H3,(H,11,15)(H,12,13,14). The van der Waals surface area contributed by atoms with Crippen LogP contribution in [0.2, 0.25) is 5.02 Å². The summed E-state index contributed by atoms with van der Waals surface area (Å²) in [5.74, 6) is 0.300. The van der Waals surface area contributed by atoms with Crippen LogP contribution in [-0.4, -0.2) is 28.5 Å². The van der Waals surface area contributed by atoms with E-state index >= 15 is 0 Å². The number of aromatic nitrogens is 2. The molecule has 0 aliphatic rings. The molecule has 6 heteroatoms. The van der Waals surface area contributed by atoms with E-state index in [1.165, 1.54) is 12.4 Å². The molecule has 0 aromatic carbocycles. The van der Waals surface area contributed by atoms with Crippen molar-refractivity contribution in [2.45, 2.75) is 19.9 Å². The van der Waals surface area contributed by atoms with Gasteiger partial charge >= 0.3 is 0 Å². The number of nitrogens with one attached hydrogen (secondary N) is 2. The maximum atomic E-state index is 11.4. The van der Waals surface area contributed by atoms with Crippen molar-refractivity contribution in [2.75, 3.05) is 11.9 Å². The fourth-order valence-electron chi connectivity index (χ4n) is 0.973. The Bertz CT molecular complexity index is 327. The number of carbonyl (C=O) groups excluding carboxylic acids is 1. The summed E-state index contributed by atoms with van der Waals surface area (Å²) >= 11 is 5.63. The zero-order chi connectivity index (χ0) is 11.3. The van der Waals surface area contributed by atoms with E-state index in [4.69, 9.17) is 11.6 Å². The smallest absolute Gasteiger partial charge is 0.242 e. The molecule has 1 unspecified atom stereocenters. The van der Waals surface area contributed by atoms with Crippen molar-refractivity contribution in [3.8, 4) is 0 Å². The van der Waals surface area contributed by atoms with Gasteiger partial charge in [-0.1, -0.05) is 11.6 Å². The molecule has 0 spiro atoms. The Labute approximate surface area is 93.3 Å². The molecule has 0 radical (unpaired) electrons. The van der Waals surface area contributed by atoms with Gasteiger partial charge in [0, 0.05) is 6.54 Å². The zero-order valence-corrected chi connectivity index (χ0v) is 9.38. The van der Waals surface area contributed by atoms with Gasteiger partial charge in [-0.25, -0.2) is 9.97 Å². The summed E-state index contributed by atoms with van der Waals surface area (Å²) in [7, 11) is 0. The van der Waals surface area contributed by atoms with Crippen LogP contribution in [0.3, 0.4) is 0 Å². The molecular formula is C9H13ClN4O. The number of nitrogens with zero attached hydrogens (tertiary/aromatic N) is 2. The molecule has 1 rings (SSSR count). The van der Waals surface area contributed by atoms with Crippen LogP contribution < -0.4 is 10.6 Å². The highest BCUT2D eigenvalue weighted by atomic mass is 35.5. The molecule has 2 N–H and O–H groups in total. The first kappa shape index (κ1) is 11.7. The van der Waals surface area contributed by atoms with Gasteiger partial charge in [-0.15, -0.1) is 0 Å². The Morgan fingerprint density at radius 1 is 1.53 bits per heavy atom. The van der Waals surface area contributed by atoms with Crippen LogP contribution in [-0.2, 0) is 4.79 Å². The van der Waals surface area contributed by atoms with Crippen molar-refractivity contribution in [2.24, 2.45) is 0 Å². The lowest BCUT2D eigenvalue weighted by molar-refractivity contribution is -0.121. The molecule has 1 heterocycles. The summed E-state index contributed by atoms with van der Waals surface area (Å²) in [6.45, 7) is 4.21. The van der Waals surface area contributed by atoms with Gasteiger partial charge in [0.05, 0.1) is 17.4 Å². The Kier molecular flexibility index (Phi) is 4.30. The van der Waals surface area contributed by atoms with Crippen LogP contribution in [0.5, 0.6) is 0 Å². The highest BCUT2D eigenvalue weighted by molar-refractivity contribution is 6.30. The topological polar surface area (TPSA) is 66.9 Å². The van der Waals surface area contributed by atoms with Crippen LogP contribution >= 0.6 is 11.6 Å².